The first-order valence-electron chi connectivity index (χ1n) is 6.20. The third kappa shape index (κ3) is 2.36. The number of hydrogen-bond acceptors (Lipinski definition) is 4. The molecule has 2 aromatic heterocycles. The van der Waals surface area contributed by atoms with Crippen LogP contribution in [0.15, 0.2) is 41.1 Å². The Labute approximate surface area is 125 Å². The fraction of sp³-hybridized carbons (Fsp3) is 0.0667. The van der Waals surface area contributed by atoms with Gasteiger partial charge in [0.1, 0.15) is 5.82 Å². The minimum atomic E-state index is -0.482. The van der Waals surface area contributed by atoms with Crippen molar-refractivity contribution in [3.8, 4) is 22.5 Å². The van der Waals surface area contributed by atoms with Gasteiger partial charge in [0.15, 0.2) is 11.6 Å². The first-order chi connectivity index (χ1) is 10.1. The fourth-order valence-corrected chi connectivity index (χ4v) is 2.42. The number of benzene rings is 1. The van der Waals surface area contributed by atoms with Crippen LogP contribution < -0.4 is 5.73 Å². The number of halogens is 2. The molecular formula is C15H11ClFN3O. The molecular weight excluding hydrogens is 293 g/mol. The summed E-state index contributed by atoms with van der Waals surface area (Å²) in [5.74, 6) is -0.0270. The summed E-state index contributed by atoms with van der Waals surface area (Å²) < 4.78 is 19.4. The molecule has 0 amide bonds. The average molecular weight is 304 g/mol. The molecule has 0 saturated carbocycles. The van der Waals surface area contributed by atoms with Crippen molar-refractivity contribution in [2.75, 3.05) is 5.73 Å². The van der Waals surface area contributed by atoms with Crippen LogP contribution in [0.2, 0.25) is 5.02 Å². The van der Waals surface area contributed by atoms with Gasteiger partial charge >= 0.3 is 0 Å². The number of aryl methyl sites for hydroxylation is 1. The van der Waals surface area contributed by atoms with Crippen molar-refractivity contribution < 1.29 is 8.91 Å². The van der Waals surface area contributed by atoms with Crippen molar-refractivity contribution in [2.24, 2.45) is 0 Å². The van der Waals surface area contributed by atoms with Crippen LogP contribution in [0.4, 0.5) is 10.2 Å². The van der Waals surface area contributed by atoms with Gasteiger partial charge in [-0.05, 0) is 31.2 Å². The Balaban J connectivity index is 2.28. The van der Waals surface area contributed by atoms with Crippen molar-refractivity contribution >= 4 is 17.4 Å². The molecule has 3 aromatic rings. The Morgan fingerprint density at radius 1 is 1.24 bits per heavy atom. The standard InChI is InChI=1S/C15H11ClFN3O/c1-8-7-9(5-6-19-8)14-13(15(18)20-21-14)12-10(16)3-2-4-11(12)17/h2-7H,1H3,(H2,18,20). The highest BCUT2D eigenvalue weighted by molar-refractivity contribution is 6.33. The molecule has 0 saturated heterocycles. The van der Waals surface area contributed by atoms with E-state index in [2.05, 4.69) is 10.1 Å². The van der Waals surface area contributed by atoms with E-state index in [0.717, 1.165) is 5.69 Å². The summed E-state index contributed by atoms with van der Waals surface area (Å²) in [6.07, 6.45) is 1.64. The summed E-state index contributed by atoms with van der Waals surface area (Å²) in [4.78, 5) is 4.12. The Kier molecular flexibility index (Phi) is 3.35. The SMILES string of the molecule is Cc1cc(-c2onc(N)c2-c2c(F)cccc2Cl)ccn1. The maximum absolute atomic E-state index is 14.1. The van der Waals surface area contributed by atoms with Crippen LogP contribution >= 0.6 is 11.6 Å². The second-order valence-corrected chi connectivity index (χ2v) is 4.96. The summed E-state index contributed by atoms with van der Waals surface area (Å²) in [5, 5.41) is 3.99. The minimum absolute atomic E-state index is 0.0893. The Hall–Kier alpha value is -2.40. The largest absolute Gasteiger partial charge is 0.380 e. The number of anilines is 1. The lowest BCUT2D eigenvalue weighted by Gasteiger charge is -2.06. The number of aromatic nitrogens is 2. The summed E-state index contributed by atoms with van der Waals surface area (Å²) in [5.41, 5.74) is 7.88. The van der Waals surface area contributed by atoms with Crippen LogP contribution in [0, 0.1) is 12.7 Å². The molecule has 0 atom stereocenters. The monoisotopic (exact) mass is 303 g/mol. The fourth-order valence-electron chi connectivity index (χ4n) is 2.16. The zero-order valence-electron chi connectivity index (χ0n) is 11.1. The van der Waals surface area contributed by atoms with Crippen LogP contribution in [0.1, 0.15) is 5.69 Å². The van der Waals surface area contributed by atoms with Gasteiger partial charge in [-0.2, -0.15) is 0 Å². The molecule has 0 aliphatic carbocycles. The van der Waals surface area contributed by atoms with Gasteiger partial charge in [-0.15, -0.1) is 0 Å². The highest BCUT2D eigenvalue weighted by atomic mass is 35.5. The van der Waals surface area contributed by atoms with Gasteiger partial charge in [0.25, 0.3) is 0 Å². The predicted octanol–water partition coefficient (Wildman–Crippen LogP) is 4.09. The number of rotatable bonds is 2. The molecule has 0 aliphatic rings. The Morgan fingerprint density at radius 2 is 2.05 bits per heavy atom. The Morgan fingerprint density at radius 3 is 2.76 bits per heavy atom. The molecule has 2 N–H and O–H groups in total. The van der Waals surface area contributed by atoms with E-state index in [1.54, 1.807) is 24.4 Å². The van der Waals surface area contributed by atoms with E-state index in [4.69, 9.17) is 21.9 Å². The number of nitrogens with two attached hydrogens (primary N) is 1. The smallest absolute Gasteiger partial charge is 0.177 e. The van der Waals surface area contributed by atoms with Gasteiger partial charge in [-0.25, -0.2) is 4.39 Å². The van der Waals surface area contributed by atoms with E-state index >= 15 is 0 Å². The van der Waals surface area contributed by atoms with Gasteiger partial charge in [0.2, 0.25) is 0 Å². The molecule has 2 heterocycles. The molecule has 3 rings (SSSR count). The number of nitrogen functional groups attached to an aromatic ring is 1. The molecule has 0 bridgehead atoms. The zero-order chi connectivity index (χ0) is 15.0. The van der Waals surface area contributed by atoms with Gasteiger partial charge in [-0.3, -0.25) is 4.98 Å². The summed E-state index contributed by atoms with van der Waals surface area (Å²) in [6.45, 7) is 1.85. The van der Waals surface area contributed by atoms with E-state index in [1.807, 2.05) is 6.92 Å². The highest BCUT2D eigenvalue weighted by Crippen LogP contribution is 2.41. The molecule has 21 heavy (non-hydrogen) atoms. The van der Waals surface area contributed by atoms with Crippen LogP contribution in [0.5, 0.6) is 0 Å². The third-order valence-corrected chi connectivity index (χ3v) is 3.41. The molecule has 106 valence electrons. The quantitative estimate of drug-likeness (QED) is 0.774. The normalized spacial score (nSPS) is 10.8. The molecule has 0 unspecified atom stereocenters. The summed E-state index contributed by atoms with van der Waals surface area (Å²) >= 11 is 6.11. The summed E-state index contributed by atoms with van der Waals surface area (Å²) in [6, 6.07) is 7.98. The van der Waals surface area contributed by atoms with Crippen LogP contribution in [-0.4, -0.2) is 10.1 Å². The van der Waals surface area contributed by atoms with E-state index in [0.29, 0.717) is 16.9 Å². The molecule has 0 aliphatic heterocycles. The lowest BCUT2D eigenvalue weighted by Crippen LogP contribution is -1.93. The minimum Gasteiger partial charge on any atom is -0.380 e. The van der Waals surface area contributed by atoms with Gasteiger partial charge in [0, 0.05) is 23.0 Å². The molecule has 0 radical (unpaired) electrons. The lowest BCUT2D eigenvalue weighted by molar-refractivity contribution is 0.436. The average Bonchev–Trinajstić information content (AvgIpc) is 2.81. The van der Waals surface area contributed by atoms with Gasteiger partial charge < -0.3 is 10.3 Å². The second-order valence-electron chi connectivity index (χ2n) is 4.55. The predicted molar refractivity (Wildman–Crippen MR) is 79.3 cm³/mol. The van der Waals surface area contributed by atoms with Crippen molar-refractivity contribution in [3.05, 3.63) is 53.1 Å². The highest BCUT2D eigenvalue weighted by Gasteiger charge is 2.22. The Bertz CT molecular complexity index is 796. The van der Waals surface area contributed by atoms with Crippen molar-refractivity contribution in [3.63, 3.8) is 0 Å². The lowest BCUT2D eigenvalue weighted by atomic mass is 10.0. The maximum atomic E-state index is 14.1. The van der Waals surface area contributed by atoms with E-state index in [9.17, 15) is 4.39 Å². The van der Waals surface area contributed by atoms with Crippen molar-refractivity contribution in [1.82, 2.24) is 10.1 Å². The molecule has 4 nitrogen and oxygen atoms in total. The molecule has 1 aromatic carbocycles. The van der Waals surface area contributed by atoms with E-state index in [1.165, 1.54) is 12.1 Å². The first kappa shape index (κ1) is 13.6. The maximum Gasteiger partial charge on any atom is 0.177 e. The molecule has 6 heteroatoms. The summed E-state index contributed by atoms with van der Waals surface area (Å²) in [7, 11) is 0. The van der Waals surface area contributed by atoms with E-state index in [-0.39, 0.29) is 16.4 Å². The van der Waals surface area contributed by atoms with Crippen LogP contribution in [0.3, 0.4) is 0 Å². The van der Waals surface area contributed by atoms with Crippen LogP contribution in [-0.2, 0) is 0 Å². The topological polar surface area (TPSA) is 64.9 Å². The number of hydrogen-bond donors (Lipinski definition) is 1. The van der Waals surface area contributed by atoms with Crippen molar-refractivity contribution in [1.29, 1.82) is 0 Å². The first-order valence-corrected chi connectivity index (χ1v) is 6.58. The number of pyridine rings is 1. The van der Waals surface area contributed by atoms with Gasteiger partial charge in [-0.1, -0.05) is 22.8 Å². The molecule has 0 spiro atoms. The second kappa shape index (κ2) is 5.18. The number of nitrogens with zero attached hydrogens (tertiary/aromatic N) is 2. The third-order valence-electron chi connectivity index (χ3n) is 3.09. The van der Waals surface area contributed by atoms with Crippen molar-refractivity contribution in [2.45, 2.75) is 6.92 Å². The van der Waals surface area contributed by atoms with Crippen LogP contribution in [0.25, 0.3) is 22.5 Å². The zero-order valence-corrected chi connectivity index (χ0v) is 11.9. The molecule has 0 fully saturated rings. The van der Waals surface area contributed by atoms with E-state index < -0.39 is 5.82 Å². The van der Waals surface area contributed by atoms with Gasteiger partial charge in [0.05, 0.1) is 10.6 Å².